The van der Waals surface area contributed by atoms with Gasteiger partial charge in [0, 0.05) is 36.5 Å². The Morgan fingerprint density at radius 1 is 0.741 bits per heavy atom. The maximum atomic E-state index is 13.9. The van der Waals surface area contributed by atoms with E-state index in [9.17, 15) is 46.3 Å². The summed E-state index contributed by atoms with van der Waals surface area (Å²) in [7, 11) is 0. The molecule has 0 bridgehead atoms. The molecular weight excluding hydrogens is 756 g/mol. The molecule has 2 saturated heterocycles. The molecule has 0 aromatic carbocycles. The molecule has 4 aromatic heterocycles. The van der Waals surface area contributed by atoms with Crippen LogP contribution in [0.5, 0.6) is 0 Å². The Labute approximate surface area is 329 Å². The molecule has 6 heterocycles. The number of carbonyl (C=O) groups is 1. The third kappa shape index (κ3) is 5.91. The number of ether oxygens (including phenoxy) is 4. The van der Waals surface area contributed by atoms with Crippen molar-refractivity contribution in [3.63, 3.8) is 0 Å². The number of hydrogen-bond acceptors (Lipinski definition) is 19. The van der Waals surface area contributed by atoms with Crippen LogP contribution in [0.2, 0.25) is 0 Å². The number of carbonyl (C=O) groups excluding carboxylic acids is 1. The van der Waals surface area contributed by atoms with E-state index < -0.39 is 77.0 Å². The van der Waals surface area contributed by atoms with E-state index in [0.29, 0.717) is 36.7 Å². The first-order chi connectivity index (χ1) is 27.8. The van der Waals surface area contributed by atoms with Gasteiger partial charge in [-0.25, -0.2) is 23.8 Å². The number of nitrogens with two attached hydrogens (primary N) is 2. The van der Waals surface area contributed by atoms with E-state index in [0.717, 1.165) is 12.7 Å². The summed E-state index contributed by atoms with van der Waals surface area (Å²) >= 11 is 0. The van der Waals surface area contributed by atoms with Gasteiger partial charge in [0.05, 0.1) is 35.7 Å². The summed E-state index contributed by atoms with van der Waals surface area (Å²) in [5, 5.41) is 93.9. The monoisotopic (exact) mass is 794 g/mol. The molecule has 10 atom stereocenters. The van der Waals surface area contributed by atoms with Crippen LogP contribution >= 0.6 is 0 Å². The van der Waals surface area contributed by atoms with Crippen LogP contribution in [-0.2, 0) is 30.1 Å². The summed E-state index contributed by atoms with van der Waals surface area (Å²) in [6.45, 7) is 0. The van der Waals surface area contributed by atoms with Crippen LogP contribution in [0.3, 0.4) is 0 Å². The van der Waals surface area contributed by atoms with Gasteiger partial charge in [0.25, 0.3) is 0 Å². The van der Waals surface area contributed by atoms with Crippen LogP contribution in [-0.4, -0.2) is 105 Å². The van der Waals surface area contributed by atoms with Gasteiger partial charge in [-0.2, -0.15) is 31.2 Å². The van der Waals surface area contributed by atoms with Gasteiger partial charge in [0.1, 0.15) is 72.5 Å². The van der Waals surface area contributed by atoms with Gasteiger partial charge < -0.3 is 50.8 Å². The van der Waals surface area contributed by atoms with E-state index in [1.165, 1.54) is 33.3 Å². The fourth-order valence-corrected chi connectivity index (χ4v) is 8.60. The molecule has 21 heteroatoms. The molecule has 2 saturated carbocycles. The van der Waals surface area contributed by atoms with Gasteiger partial charge in [-0.3, -0.25) is 0 Å². The number of aromatic nitrogens is 6. The number of anilines is 2. The molecule has 4 aliphatic rings. The van der Waals surface area contributed by atoms with Crippen LogP contribution in [0.1, 0.15) is 62.8 Å². The Bertz CT molecular complexity index is 2270. The number of fused-ring (bicyclic) bond motifs is 2. The maximum absolute atomic E-state index is 13.9. The van der Waals surface area contributed by atoms with E-state index in [4.69, 9.17) is 30.4 Å². The minimum atomic E-state index is -2.13. The van der Waals surface area contributed by atoms with Gasteiger partial charge in [-0.05, 0) is 49.9 Å². The predicted molar refractivity (Wildman–Crippen MR) is 191 cm³/mol. The van der Waals surface area contributed by atoms with E-state index in [-0.39, 0.29) is 48.7 Å². The Morgan fingerprint density at radius 2 is 1.14 bits per heavy atom. The maximum Gasteiger partial charge on any atom is 0.508 e. The van der Waals surface area contributed by atoms with E-state index in [1.54, 1.807) is 0 Å². The first-order valence-corrected chi connectivity index (χ1v) is 18.5. The molecule has 0 amide bonds. The molecule has 58 heavy (non-hydrogen) atoms. The lowest BCUT2D eigenvalue weighted by Gasteiger charge is -2.31. The van der Waals surface area contributed by atoms with Crippen molar-refractivity contribution in [3.05, 3.63) is 48.3 Å². The highest BCUT2D eigenvalue weighted by molar-refractivity contribution is 5.67. The third-order valence-corrected chi connectivity index (χ3v) is 12.4. The zero-order chi connectivity index (χ0) is 41.2. The highest BCUT2D eigenvalue weighted by atomic mass is 16.7. The predicted octanol–water partition coefficient (Wildman–Crippen LogP) is 0.374. The van der Waals surface area contributed by atoms with Gasteiger partial charge in [0.15, 0.2) is 11.6 Å². The Hall–Kier alpha value is -6.17. The number of nitriles is 4. The van der Waals surface area contributed by atoms with E-state index >= 15 is 0 Å². The average Bonchev–Trinajstić information content (AvgIpc) is 4.02. The number of nitrogens with zero attached hydrogens (tertiary/aromatic N) is 10. The van der Waals surface area contributed by atoms with Crippen LogP contribution in [0, 0.1) is 56.2 Å². The topological polar surface area (TPSA) is 342 Å². The standard InChI is InChI=1S/C37H38N12O9/c38-11-9-34(5-6-34)25(13-21-27(50)29(52)36(15-40,57-21)23-3-1-19-31(42)44-17-46-48(19)23)55-33(54)56-26(35(7-8-35)10-12-39)14-22-28(51)30(53)37(16-41,58-22)24-4-2-20-32(43)45-18-47-49(20)24/h1-4,17-18,21-22,25-30,50-53H,5-10,13-14H2,(H2,42,44,46)(H2,43,45,47)/t21-,22-,25?,26?,27-,28-,29-,30-,36+,37+/m1/s1. The van der Waals surface area contributed by atoms with Gasteiger partial charge in [0.2, 0.25) is 11.2 Å². The van der Waals surface area contributed by atoms with Crippen LogP contribution in [0.4, 0.5) is 16.4 Å². The second kappa shape index (κ2) is 14.0. The zero-order valence-corrected chi connectivity index (χ0v) is 30.7. The van der Waals surface area contributed by atoms with Crippen LogP contribution in [0.15, 0.2) is 36.9 Å². The van der Waals surface area contributed by atoms with E-state index in [2.05, 4.69) is 32.3 Å². The lowest BCUT2D eigenvalue weighted by atomic mass is 9.88. The third-order valence-electron chi connectivity index (χ3n) is 12.4. The molecule has 300 valence electrons. The largest absolute Gasteiger partial charge is 0.508 e. The second-order valence-electron chi connectivity index (χ2n) is 15.5. The fourth-order valence-electron chi connectivity index (χ4n) is 8.60. The Kier molecular flexibility index (Phi) is 9.36. The first kappa shape index (κ1) is 38.7. The van der Waals surface area contributed by atoms with Crippen molar-refractivity contribution < 1.29 is 44.2 Å². The number of rotatable bonds is 12. The quantitative estimate of drug-likeness (QED) is 0.106. The molecule has 21 nitrogen and oxygen atoms in total. The number of nitrogen functional groups attached to an aromatic ring is 2. The summed E-state index contributed by atoms with van der Waals surface area (Å²) in [5.41, 5.74) is 6.76. The molecule has 8 rings (SSSR count). The summed E-state index contributed by atoms with van der Waals surface area (Å²) < 4.78 is 26.8. The van der Waals surface area contributed by atoms with Crippen molar-refractivity contribution in [3.8, 4) is 24.3 Å². The Balaban J connectivity index is 1.04. The summed E-state index contributed by atoms with van der Waals surface area (Å²) in [5.74, 6) is 0.202. The lowest BCUT2D eigenvalue weighted by Crippen LogP contribution is -2.41. The van der Waals surface area contributed by atoms with Crippen molar-refractivity contribution in [1.82, 2.24) is 29.2 Å². The lowest BCUT2D eigenvalue weighted by molar-refractivity contribution is -0.0968. The molecule has 8 N–H and O–H groups in total. The highest BCUT2D eigenvalue weighted by Gasteiger charge is 2.62. The molecular formula is C37H38N12O9. The minimum absolute atomic E-state index is 0.0394. The van der Waals surface area contributed by atoms with Gasteiger partial charge in [-0.1, -0.05) is 0 Å². The first-order valence-electron chi connectivity index (χ1n) is 18.5. The van der Waals surface area contributed by atoms with Gasteiger partial charge in [-0.15, -0.1) is 0 Å². The molecule has 2 unspecified atom stereocenters. The smallest absolute Gasteiger partial charge is 0.430 e. The van der Waals surface area contributed by atoms with Crippen molar-refractivity contribution in [1.29, 1.82) is 21.0 Å². The Morgan fingerprint density at radius 3 is 1.48 bits per heavy atom. The summed E-state index contributed by atoms with van der Waals surface area (Å²) in [6.07, 6.45) is -9.29. The van der Waals surface area contributed by atoms with Crippen molar-refractivity contribution in [2.24, 2.45) is 10.8 Å². The SMILES string of the molecule is N#CCC1(C(C[C@H]2O[C@@](C#N)(c3ccc4c(N)ncnn34)[C@H](O)[C@@H]2O)OC(=O)OC(C[C@H]2O[C@@](C#N)(c3ccc4c(N)ncnn34)[C@H](O)[C@@H]2O)C2(CC#N)CC2)CC1. The number of aliphatic hydroxyl groups excluding tert-OH is 4. The second-order valence-corrected chi connectivity index (χ2v) is 15.5. The zero-order valence-electron chi connectivity index (χ0n) is 30.7. The van der Waals surface area contributed by atoms with Crippen LogP contribution < -0.4 is 11.5 Å². The van der Waals surface area contributed by atoms with Crippen molar-refractivity contribution in [2.75, 3.05) is 11.5 Å². The van der Waals surface area contributed by atoms with Crippen LogP contribution in [0.25, 0.3) is 11.0 Å². The molecule has 0 spiro atoms. The van der Waals surface area contributed by atoms with E-state index in [1.807, 2.05) is 12.1 Å². The number of aliphatic hydroxyl groups is 4. The van der Waals surface area contributed by atoms with Crippen molar-refractivity contribution >= 4 is 28.8 Å². The summed E-state index contributed by atoms with van der Waals surface area (Å²) in [4.78, 5) is 21.8. The summed E-state index contributed by atoms with van der Waals surface area (Å²) in [6, 6.07) is 14.2. The molecule has 0 radical (unpaired) electrons. The highest BCUT2D eigenvalue weighted by Crippen LogP contribution is 2.57. The molecule has 2 aliphatic carbocycles. The average molecular weight is 795 g/mol. The van der Waals surface area contributed by atoms with Gasteiger partial charge >= 0.3 is 6.16 Å². The number of hydrogen-bond donors (Lipinski definition) is 6. The fraction of sp³-hybridized carbons (Fsp3) is 0.541. The molecule has 4 fully saturated rings. The van der Waals surface area contributed by atoms with Crippen molar-refractivity contribution in [2.45, 2.75) is 111 Å². The minimum Gasteiger partial charge on any atom is -0.430 e. The molecule has 2 aliphatic heterocycles. The normalized spacial score (nSPS) is 31.4. The molecule has 4 aromatic rings.